The number of aryl methyl sites for hydroxylation is 1. The number of rotatable bonds is 5. The van der Waals surface area contributed by atoms with Gasteiger partial charge in [0.1, 0.15) is 0 Å². The first kappa shape index (κ1) is 14.6. The number of hydrogen-bond acceptors (Lipinski definition) is 2. The third-order valence-corrected chi connectivity index (χ3v) is 3.47. The first-order valence-corrected chi connectivity index (χ1v) is 7.12. The van der Waals surface area contributed by atoms with E-state index in [9.17, 15) is 9.59 Å². The third kappa shape index (κ3) is 3.83. The monoisotopic (exact) mass is 274 g/mol. The minimum atomic E-state index is -0.177. The van der Waals surface area contributed by atoms with Crippen LogP contribution < -0.4 is 10.6 Å². The summed E-state index contributed by atoms with van der Waals surface area (Å²) in [5.74, 6) is 0.0431. The van der Waals surface area contributed by atoms with Crippen LogP contribution in [0.5, 0.6) is 0 Å². The molecule has 2 unspecified atom stereocenters. The maximum absolute atomic E-state index is 12.0. The van der Waals surface area contributed by atoms with E-state index in [1.165, 1.54) is 0 Å². The molecule has 0 heterocycles. The molecule has 4 nitrogen and oxygen atoms in total. The summed E-state index contributed by atoms with van der Waals surface area (Å²) in [4.78, 5) is 23.9. The van der Waals surface area contributed by atoms with Crippen LogP contribution in [0.4, 0.5) is 5.69 Å². The number of hydrogen-bond donors (Lipinski definition) is 2. The normalized spacial score (nSPS) is 20.6. The van der Waals surface area contributed by atoms with Gasteiger partial charge in [-0.05, 0) is 31.4 Å². The molecule has 2 rings (SSSR count). The van der Waals surface area contributed by atoms with Crippen molar-refractivity contribution < 1.29 is 9.59 Å². The summed E-state index contributed by atoms with van der Waals surface area (Å²) in [6.07, 6.45) is 0.654. The van der Waals surface area contributed by atoms with Gasteiger partial charge in [-0.15, -0.1) is 0 Å². The van der Waals surface area contributed by atoms with Crippen LogP contribution in [0.25, 0.3) is 0 Å². The smallest absolute Gasteiger partial charge is 0.228 e. The molecule has 2 atom stereocenters. The SMILES string of the molecule is Cc1ccc(NC(=O)C2CC2C(=O)NCC(C)C)cc1. The van der Waals surface area contributed by atoms with Gasteiger partial charge in [0.2, 0.25) is 11.8 Å². The van der Waals surface area contributed by atoms with Crippen LogP contribution >= 0.6 is 0 Å². The van der Waals surface area contributed by atoms with Crippen LogP contribution in [-0.2, 0) is 9.59 Å². The second kappa shape index (κ2) is 6.07. The lowest BCUT2D eigenvalue weighted by Crippen LogP contribution is -2.30. The zero-order chi connectivity index (χ0) is 14.7. The largest absolute Gasteiger partial charge is 0.356 e. The van der Waals surface area contributed by atoms with E-state index < -0.39 is 0 Å². The highest BCUT2D eigenvalue weighted by Crippen LogP contribution is 2.39. The third-order valence-electron chi connectivity index (χ3n) is 3.47. The van der Waals surface area contributed by atoms with Crippen molar-refractivity contribution in [2.75, 3.05) is 11.9 Å². The van der Waals surface area contributed by atoms with Crippen LogP contribution in [-0.4, -0.2) is 18.4 Å². The Bertz CT molecular complexity index is 494. The summed E-state index contributed by atoms with van der Waals surface area (Å²) in [5.41, 5.74) is 1.94. The van der Waals surface area contributed by atoms with Gasteiger partial charge in [0, 0.05) is 12.2 Å². The molecular weight excluding hydrogens is 252 g/mol. The molecule has 2 amide bonds. The van der Waals surface area contributed by atoms with Crippen molar-refractivity contribution >= 4 is 17.5 Å². The summed E-state index contributed by atoms with van der Waals surface area (Å²) in [6.45, 7) is 6.77. The van der Waals surface area contributed by atoms with Crippen LogP contribution in [0.3, 0.4) is 0 Å². The molecule has 0 aliphatic heterocycles. The van der Waals surface area contributed by atoms with Gasteiger partial charge in [0.05, 0.1) is 11.8 Å². The molecule has 0 aromatic heterocycles. The molecule has 1 saturated carbocycles. The van der Waals surface area contributed by atoms with Crippen molar-refractivity contribution in [1.29, 1.82) is 0 Å². The topological polar surface area (TPSA) is 58.2 Å². The van der Waals surface area contributed by atoms with Crippen molar-refractivity contribution in [1.82, 2.24) is 5.32 Å². The van der Waals surface area contributed by atoms with E-state index in [1.807, 2.05) is 31.2 Å². The van der Waals surface area contributed by atoms with E-state index in [0.29, 0.717) is 18.9 Å². The minimum absolute atomic E-state index is 0.00255. The highest BCUT2D eigenvalue weighted by molar-refractivity contribution is 5.99. The Balaban J connectivity index is 1.81. The minimum Gasteiger partial charge on any atom is -0.356 e. The highest BCUT2D eigenvalue weighted by Gasteiger charge is 2.47. The number of anilines is 1. The van der Waals surface area contributed by atoms with Gasteiger partial charge in [0.15, 0.2) is 0 Å². The van der Waals surface area contributed by atoms with Crippen molar-refractivity contribution in [2.45, 2.75) is 27.2 Å². The number of amides is 2. The van der Waals surface area contributed by atoms with Gasteiger partial charge in [-0.25, -0.2) is 0 Å². The van der Waals surface area contributed by atoms with Crippen LogP contribution in [0, 0.1) is 24.7 Å². The second-order valence-corrected chi connectivity index (χ2v) is 5.94. The average Bonchev–Trinajstić information content (AvgIpc) is 3.19. The van der Waals surface area contributed by atoms with Gasteiger partial charge in [-0.2, -0.15) is 0 Å². The maximum Gasteiger partial charge on any atom is 0.228 e. The van der Waals surface area contributed by atoms with E-state index in [0.717, 1.165) is 11.3 Å². The Morgan fingerprint density at radius 3 is 2.35 bits per heavy atom. The Labute approximate surface area is 119 Å². The van der Waals surface area contributed by atoms with Gasteiger partial charge in [0.25, 0.3) is 0 Å². The lowest BCUT2D eigenvalue weighted by Gasteiger charge is -2.08. The molecule has 20 heavy (non-hydrogen) atoms. The Morgan fingerprint density at radius 2 is 1.75 bits per heavy atom. The predicted octanol–water partition coefficient (Wildman–Crippen LogP) is 2.34. The fourth-order valence-electron chi connectivity index (χ4n) is 2.08. The molecule has 4 heteroatoms. The summed E-state index contributed by atoms with van der Waals surface area (Å²) in [7, 11) is 0. The summed E-state index contributed by atoms with van der Waals surface area (Å²) in [6, 6.07) is 7.66. The van der Waals surface area contributed by atoms with Crippen LogP contribution in [0.1, 0.15) is 25.8 Å². The van der Waals surface area contributed by atoms with E-state index >= 15 is 0 Å². The highest BCUT2D eigenvalue weighted by atomic mass is 16.2. The first-order chi connectivity index (χ1) is 9.47. The molecule has 1 aromatic rings. The van der Waals surface area contributed by atoms with Gasteiger partial charge >= 0.3 is 0 Å². The quantitative estimate of drug-likeness (QED) is 0.866. The Kier molecular flexibility index (Phi) is 4.42. The zero-order valence-electron chi connectivity index (χ0n) is 12.3. The van der Waals surface area contributed by atoms with E-state index in [1.54, 1.807) is 0 Å². The summed E-state index contributed by atoms with van der Waals surface area (Å²) in [5, 5.41) is 5.74. The molecule has 108 valence electrons. The van der Waals surface area contributed by atoms with Crippen molar-refractivity contribution in [2.24, 2.45) is 17.8 Å². The van der Waals surface area contributed by atoms with Gasteiger partial charge < -0.3 is 10.6 Å². The van der Waals surface area contributed by atoms with Crippen LogP contribution in [0.15, 0.2) is 24.3 Å². The van der Waals surface area contributed by atoms with Crippen LogP contribution in [0.2, 0.25) is 0 Å². The maximum atomic E-state index is 12.0. The van der Waals surface area contributed by atoms with Crippen molar-refractivity contribution in [3.8, 4) is 0 Å². The molecule has 1 aliphatic rings. The van der Waals surface area contributed by atoms with E-state index in [-0.39, 0.29) is 23.7 Å². The predicted molar refractivity (Wildman–Crippen MR) is 79.3 cm³/mol. The molecule has 2 N–H and O–H groups in total. The molecule has 1 aromatic carbocycles. The molecule has 0 spiro atoms. The molecule has 0 radical (unpaired) electrons. The fraction of sp³-hybridized carbons (Fsp3) is 0.500. The first-order valence-electron chi connectivity index (χ1n) is 7.12. The van der Waals surface area contributed by atoms with E-state index in [4.69, 9.17) is 0 Å². The zero-order valence-corrected chi connectivity index (χ0v) is 12.3. The number of carbonyl (C=O) groups is 2. The van der Waals surface area contributed by atoms with Gasteiger partial charge in [-0.3, -0.25) is 9.59 Å². The lowest BCUT2D eigenvalue weighted by atomic mass is 10.2. The van der Waals surface area contributed by atoms with Gasteiger partial charge in [-0.1, -0.05) is 31.5 Å². The molecule has 1 fully saturated rings. The molecule has 0 saturated heterocycles. The number of nitrogens with one attached hydrogen (secondary N) is 2. The standard InChI is InChI=1S/C16H22N2O2/c1-10(2)9-17-15(19)13-8-14(13)16(20)18-12-6-4-11(3)5-7-12/h4-7,10,13-14H,8-9H2,1-3H3,(H,17,19)(H,18,20). The summed E-state index contributed by atoms with van der Waals surface area (Å²) >= 11 is 0. The molecule has 1 aliphatic carbocycles. The number of benzene rings is 1. The Hall–Kier alpha value is -1.84. The fourth-order valence-corrected chi connectivity index (χ4v) is 2.08. The average molecular weight is 274 g/mol. The van der Waals surface area contributed by atoms with E-state index in [2.05, 4.69) is 24.5 Å². The second-order valence-electron chi connectivity index (χ2n) is 5.94. The molecule has 0 bridgehead atoms. The Morgan fingerprint density at radius 1 is 1.15 bits per heavy atom. The van der Waals surface area contributed by atoms with Crippen molar-refractivity contribution in [3.63, 3.8) is 0 Å². The molecular formula is C16H22N2O2. The lowest BCUT2D eigenvalue weighted by molar-refractivity contribution is -0.125. The number of carbonyl (C=O) groups excluding carboxylic acids is 2. The summed E-state index contributed by atoms with van der Waals surface area (Å²) < 4.78 is 0. The van der Waals surface area contributed by atoms with Crippen molar-refractivity contribution in [3.05, 3.63) is 29.8 Å².